The number of hydrogen-bond acceptors (Lipinski definition) is 2. The van der Waals surface area contributed by atoms with Crippen molar-refractivity contribution in [3.63, 3.8) is 0 Å². The van der Waals surface area contributed by atoms with E-state index in [0.29, 0.717) is 10.0 Å². The lowest BCUT2D eigenvalue weighted by atomic mass is 9.71. The van der Waals surface area contributed by atoms with E-state index in [4.69, 9.17) is 9.47 Å². The minimum Gasteiger partial charge on any atom is -0.464 e. The second-order valence-corrected chi connectivity index (χ2v) is 8.47. The van der Waals surface area contributed by atoms with Crippen LogP contribution in [0.2, 0.25) is 0 Å². The first kappa shape index (κ1) is 16.6. The van der Waals surface area contributed by atoms with Crippen LogP contribution in [0.1, 0.15) is 68.3 Å². The van der Waals surface area contributed by atoms with Crippen molar-refractivity contribution < 1.29 is 9.47 Å². The molecule has 2 nitrogen and oxygen atoms in total. The fraction of sp³-hybridized carbons (Fsp3) is 0.684. The minimum atomic E-state index is -0.0600. The van der Waals surface area contributed by atoms with Crippen molar-refractivity contribution in [2.75, 3.05) is 0 Å². The summed E-state index contributed by atoms with van der Waals surface area (Å²) in [5.41, 5.74) is 1.63. The van der Waals surface area contributed by atoms with Gasteiger partial charge in [-0.05, 0) is 50.3 Å². The van der Waals surface area contributed by atoms with Gasteiger partial charge in [-0.1, -0.05) is 60.9 Å². The van der Waals surface area contributed by atoms with Crippen molar-refractivity contribution in [2.24, 2.45) is 5.41 Å². The summed E-state index contributed by atoms with van der Waals surface area (Å²) in [6, 6.07) is 8.61. The molecular formula is C19H27IO2. The molecule has 1 aromatic rings. The summed E-state index contributed by atoms with van der Waals surface area (Å²) >= 11 is 2.50. The predicted octanol–water partition coefficient (Wildman–Crippen LogP) is 6.04. The van der Waals surface area contributed by atoms with E-state index in [0.717, 1.165) is 18.6 Å². The van der Waals surface area contributed by atoms with Crippen molar-refractivity contribution in [1.82, 2.24) is 0 Å². The minimum absolute atomic E-state index is 0.0600. The molecule has 3 heteroatoms. The Balaban J connectivity index is 1.71. The fourth-order valence-corrected chi connectivity index (χ4v) is 4.45. The van der Waals surface area contributed by atoms with E-state index in [1.165, 1.54) is 37.7 Å². The maximum atomic E-state index is 6.28. The van der Waals surface area contributed by atoms with Gasteiger partial charge in [0.25, 0.3) is 0 Å². The average molecular weight is 414 g/mol. The van der Waals surface area contributed by atoms with Crippen LogP contribution in [0.5, 0.6) is 5.75 Å². The first-order chi connectivity index (χ1) is 10.6. The van der Waals surface area contributed by atoms with E-state index in [1.54, 1.807) is 0 Å². The molecule has 0 amide bonds. The normalized spacial score (nSPS) is 28.7. The topological polar surface area (TPSA) is 18.5 Å². The van der Waals surface area contributed by atoms with Crippen LogP contribution in [0.3, 0.4) is 0 Å². The zero-order valence-corrected chi connectivity index (χ0v) is 15.8. The van der Waals surface area contributed by atoms with Crippen LogP contribution >= 0.6 is 22.6 Å². The predicted molar refractivity (Wildman–Crippen MR) is 98.6 cm³/mol. The molecule has 0 radical (unpaired) electrons. The van der Waals surface area contributed by atoms with Gasteiger partial charge in [-0.3, -0.25) is 0 Å². The van der Waals surface area contributed by atoms with Crippen LogP contribution in [0.15, 0.2) is 24.3 Å². The van der Waals surface area contributed by atoms with E-state index in [2.05, 4.69) is 60.7 Å². The smallest absolute Gasteiger partial charge is 0.205 e. The molecule has 1 saturated carbocycles. The third-order valence-corrected chi connectivity index (χ3v) is 6.84. The largest absolute Gasteiger partial charge is 0.464 e. The standard InChI is InChI=1S/C19H27IO2/c1-3-17(20)15-7-9-16(10-8-15)22-18-19(13-14(2)21-18)11-5-4-6-12-19/h7-10,14,17-18H,3-6,11-13H2,1-2H3. The Kier molecular flexibility index (Phi) is 5.33. The van der Waals surface area contributed by atoms with Crippen LogP contribution in [0, 0.1) is 5.41 Å². The number of rotatable bonds is 4. The van der Waals surface area contributed by atoms with Gasteiger partial charge in [-0.2, -0.15) is 0 Å². The lowest BCUT2D eigenvalue weighted by molar-refractivity contribution is -0.122. The first-order valence-corrected chi connectivity index (χ1v) is 9.94. The average Bonchev–Trinajstić information content (AvgIpc) is 2.83. The van der Waals surface area contributed by atoms with Crippen LogP contribution in [0.25, 0.3) is 0 Å². The Hall–Kier alpha value is -0.290. The van der Waals surface area contributed by atoms with E-state index in [-0.39, 0.29) is 11.7 Å². The van der Waals surface area contributed by atoms with Crippen LogP contribution in [-0.4, -0.2) is 12.4 Å². The SMILES string of the molecule is CCC(I)c1ccc(OC2OC(C)CC23CCCCC3)cc1. The maximum absolute atomic E-state index is 6.28. The molecular weight excluding hydrogens is 387 g/mol. The van der Waals surface area contributed by atoms with Crippen molar-refractivity contribution in [3.8, 4) is 5.75 Å². The molecule has 122 valence electrons. The molecule has 1 aromatic carbocycles. The molecule has 0 N–H and O–H groups in total. The molecule has 0 bridgehead atoms. The van der Waals surface area contributed by atoms with Gasteiger partial charge in [0.15, 0.2) is 0 Å². The third kappa shape index (κ3) is 3.45. The zero-order valence-electron chi connectivity index (χ0n) is 13.7. The number of benzene rings is 1. The highest BCUT2D eigenvalue weighted by Gasteiger charge is 2.49. The van der Waals surface area contributed by atoms with E-state index in [1.807, 2.05) is 0 Å². The third-order valence-electron chi connectivity index (χ3n) is 5.24. The Morgan fingerprint density at radius 2 is 1.91 bits per heavy atom. The van der Waals surface area contributed by atoms with Crippen LogP contribution < -0.4 is 4.74 Å². The van der Waals surface area contributed by atoms with Crippen LogP contribution in [-0.2, 0) is 4.74 Å². The summed E-state index contributed by atoms with van der Waals surface area (Å²) in [6.07, 6.45) is 9.10. The molecule has 22 heavy (non-hydrogen) atoms. The van der Waals surface area contributed by atoms with Crippen molar-refractivity contribution in [2.45, 2.75) is 75.1 Å². The molecule has 1 spiro atoms. The number of ether oxygens (including phenoxy) is 2. The fourth-order valence-electron chi connectivity index (χ4n) is 4.04. The summed E-state index contributed by atoms with van der Waals surface area (Å²) in [4.78, 5) is 0. The lowest BCUT2D eigenvalue weighted by Gasteiger charge is -2.37. The Morgan fingerprint density at radius 3 is 2.55 bits per heavy atom. The second kappa shape index (κ2) is 7.08. The molecule has 3 unspecified atom stereocenters. The summed E-state index contributed by atoms with van der Waals surface area (Å²) in [6.45, 7) is 4.41. The molecule has 3 rings (SSSR count). The van der Waals surface area contributed by atoms with Gasteiger partial charge in [-0.15, -0.1) is 0 Å². The molecule has 1 heterocycles. The number of hydrogen-bond donors (Lipinski definition) is 0. The van der Waals surface area contributed by atoms with E-state index >= 15 is 0 Å². The van der Waals surface area contributed by atoms with Crippen molar-refractivity contribution in [3.05, 3.63) is 29.8 Å². The second-order valence-electron chi connectivity index (χ2n) is 6.97. The van der Waals surface area contributed by atoms with Gasteiger partial charge in [-0.25, -0.2) is 0 Å². The monoisotopic (exact) mass is 414 g/mol. The Morgan fingerprint density at radius 1 is 1.23 bits per heavy atom. The Labute approximate surface area is 148 Å². The molecule has 0 aromatic heterocycles. The zero-order chi connectivity index (χ0) is 15.6. The summed E-state index contributed by atoms with van der Waals surface area (Å²) < 4.78 is 13.0. The summed E-state index contributed by atoms with van der Waals surface area (Å²) in [7, 11) is 0. The quantitative estimate of drug-likeness (QED) is 0.442. The van der Waals surface area contributed by atoms with Crippen molar-refractivity contribution in [1.29, 1.82) is 0 Å². The molecule has 1 aliphatic carbocycles. The first-order valence-electron chi connectivity index (χ1n) is 8.69. The Bertz CT molecular complexity index is 479. The maximum Gasteiger partial charge on any atom is 0.205 e. The van der Waals surface area contributed by atoms with E-state index < -0.39 is 0 Å². The highest BCUT2D eigenvalue weighted by Crippen LogP contribution is 2.49. The number of alkyl halides is 1. The molecule has 1 saturated heterocycles. The highest BCUT2D eigenvalue weighted by molar-refractivity contribution is 14.1. The van der Waals surface area contributed by atoms with Gasteiger partial charge in [0, 0.05) is 9.34 Å². The number of halogens is 1. The van der Waals surface area contributed by atoms with Crippen molar-refractivity contribution >= 4 is 22.6 Å². The summed E-state index contributed by atoms with van der Waals surface area (Å²) in [5.74, 6) is 0.951. The molecule has 1 aliphatic heterocycles. The lowest BCUT2D eigenvalue weighted by Crippen LogP contribution is -2.37. The van der Waals surface area contributed by atoms with E-state index in [9.17, 15) is 0 Å². The highest BCUT2D eigenvalue weighted by atomic mass is 127. The molecule has 2 aliphatic rings. The summed E-state index contributed by atoms with van der Waals surface area (Å²) in [5, 5.41) is 0. The van der Waals surface area contributed by atoms with Gasteiger partial charge in [0.05, 0.1) is 6.10 Å². The van der Waals surface area contributed by atoms with Crippen LogP contribution in [0.4, 0.5) is 0 Å². The molecule has 2 fully saturated rings. The van der Waals surface area contributed by atoms with Gasteiger partial charge >= 0.3 is 0 Å². The van der Waals surface area contributed by atoms with Gasteiger partial charge in [0.2, 0.25) is 6.29 Å². The molecule has 3 atom stereocenters. The van der Waals surface area contributed by atoms with Gasteiger partial charge < -0.3 is 9.47 Å². The van der Waals surface area contributed by atoms with Gasteiger partial charge in [0.1, 0.15) is 5.75 Å².